The van der Waals surface area contributed by atoms with E-state index in [9.17, 15) is 14.7 Å². The van der Waals surface area contributed by atoms with Crippen molar-refractivity contribution in [2.75, 3.05) is 41.4 Å². The molecule has 1 aliphatic carbocycles. The van der Waals surface area contributed by atoms with E-state index in [1.807, 2.05) is 36.0 Å². The Kier molecular flexibility index (Phi) is 5.96. The molecule has 0 aromatic heterocycles. The quantitative estimate of drug-likeness (QED) is 0.538. The molecule has 1 saturated heterocycles. The SMILES string of the molecule is O=C(Nc1cc(C(=O)O)ccc1N1CCSCC1)OCC1c2ccccc2-c2ccccc21. The molecule has 33 heavy (non-hydrogen) atoms. The summed E-state index contributed by atoms with van der Waals surface area (Å²) in [6.45, 7) is 1.89. The summed E-state index contributed by atoms with van der Waals surface area (Å²) in [6, 6.07) is 21.2. The first-order chi connectivity index (χ1) is 16.1. The molecular weight excluding hydrogens is 436 g/mol. The third kappa shape index (κ3) is 4.28. The first kappa shape index (κ1) is 21.4. The number of thioether (sulfide) groups is 1. The normalized spacial score (nSPS) is 15.0. The van der Waals surface area contributed by atoms with Crippen LogP contribution in [0.2, 0.25) is 0 Å². The summed E-state index contributed by atoms with van der Waals surface area (Å²) in [5.41, 5.74) is 6.02. The maximum Gasteiger partial charge on any atom is 0.411 e. The molecule has 7 heteroatoms. The van der Waals surface area contributed by atoms with Gasteiger partial charge in [0.1, 0.15) is 6.61 Å². The van der Waals surface area contributed by atoms with Crippen LogP contribution in [-0.2, 0) is 4.74 Å². The van der Waals surface area contributed by atoms with Crippen molar-refractivity contribution in [2.24, 2.45) is 0 Å². The van der Waals surface area contributed by atoms with E-state index in [0.29, 0.717) is 5.69 Å². The van der Waals surface area contributed by atoms with E-state index < -0.39 is 12.1 Å². The molecule has 0 unspecified atom stereocenters. The lowest BCUT2D eigenvalue weighted by molar-refractivity contribution is 0.0696. The van der Waals surface area contributed by atoms with Crippen molar-refractivity contribution in [3.05, 3.63) is 83.4 Å². The molecule has 1 amide bonds. The first-order valence-corrected chi connectivity index (χ1v) is 12.1. The molecule has 1 heterocycles. The second-order valence-electron chi connectivity index (χ2n) is 8.09. The zero-order valence-corrected chi connectivity index (χ0v) is 18.8. The van der Waals surface area contributed by atoms with Gasteiger partial charge in [0, 0.05) is 30.5 Å². The monoisotopic (exact) mass is 460 g/mol. The molecule has 0 bridgehead atoms. The van der Waals surface area contributed by atoms with Crippen molar-refractivity contribution >= 4 is 35.2 Å². The fraction of sp³-hybridized carbons (Fsp3) is 0.231. The molecule has 0 atom stereocenters. The molecule has 2 N–H and O–H groups in total. The number of amides is 1. The minimum atomic E-state index is -1.04. The Morgan fingerprint density at radius 3 is 2.24 bits per heavy atom. The van der Waals surface area contributed by atoms with Gasteiger partial charge in [-0.2, -0.15) is 11.8 Å². The fourth-order valence-electron chi connectivity index (χ4n) is 4.59. The summed E-state index contributed by atoms with van der Waals surface area (Å²) >= 11 is 1.88. The second-order valence-corrected chi connectivity index (χ2v) is 9.31. The number of benzene rings is 3. The van der Waals surface area contributed by atoms with Crippen LogP contribution in [0.4, 0.5) is 16.2 Å². The smallest absolute Gasteiger partial charge is 0.411 e. The molecule has 0 spiro atoms. The number of anilines is 2. The van der Waals surface area contributed by atoms with Crippen LogP contribution in [0.3, 0.4) is 0 Å². The van der Waals surface area contributed by atoms with Crippen molar-refractivity contribution in [3.63, 3.8) is 0 Å². The lowest BCUT2D eigenvalue weighted by Crippen LogP contribution is -2.33. The highest BCUT2D eigenvalue weighted by molar-refractivity contribution is 7.99. The van der Waals surface area contributed by atoms with Gasteiger partial charge >= 0.3 is 12.1 Å². The third-order valence-electron chi connectivity index (χ3n) is 6.18. The molecule has 5 rings (SSSR count). The Morgan fingerprint density at radius 1 is 0.970 bits per heavy atom. The number of fused-ring (bicyclic) bond motifs is 3. The highest BCUT2D eigenvalue weighted by Crippen LogP contribution is 2.44. The summed E-state index contributed by atoms with van der Waals surface area (Å²) < 4.78 is 5.67. The van der Waals surface area contributed by atoms with E-state index in [-0.39, 0.29) is 18.1 Å². The van der Waals surface area contributed by atoms with Crippen LogP contribution >= 0.6 is 11.8 Å². The van der Waals surface area contributed by atoms with Crippen molar-refractivity contribution in [3.8, 4) is 11.1 Å². The lowest BCUT2D eigenvalue weighted by atomic mass is 9.98. The van der Waals surface area contributed by atoms with Gasteiger partial charge in [-0.05, 0) is 40.5 Å². The predicted octanol–water partition coefficient (Wildman–Crippen LogP) is 5.30. The van der Waals surface area contributed by atoms with Crippen LogP contribution in [0.1, 0.15) is 27.4 Å². The maximum atomic E-state index is 12.8. The fourth-order valence-corrected chi connectivity index (χ4v) is 5.50. The van der Waals surface area contributed by atoms with Gasteiger partial charge in [0.05, 0.1) is 16.9 Å². The molecule has 0 radical (unpaired) electrons. The van der Waals surface area contributed by atoms with Crippen molar-refractivity contribution in [2.45, 2.75) is 5.92 Å². The standard InChI is InChI=1S/C26H24N2O4S/c29-25(30)17-9-10-24(28-11-13-33-14-12-28)23(15-17)27-26(31)32-16-22-20-7-3-1-5-18(20)19-6-2-4-8-21(19)22/h1-10,15,22H,11-14,16H2,(H,27,31)(H,29,30). The molecule has 168 valence electrons. The number of carbonyl (C=O) groups excluding carboxylic acids is 1. The molecule has 2 aliphatic rings. The van der Waals surface area contributed by atoms with Gasteiger partial charge in [-0.25, -0.2) is 9.59 Å². The minimum Gasteiger partial charge on any atom is -0.478 e. The van der Waals surface area contributed by atoms with Crippen LogP contribution in [0.25, 0.3) is 11.1 Å². The zero-order valence-electron chi connectivity index (χ0n) is 18.0. The van der Waals surface area contributed by atoms with E-state index >= 15 is 0 Å². The van der Waals surface area contributed by atoms with Gasteiger partial charge in [0.15, 0.2) is 0 Å². The maximum absolute atomic E-state index is 12.8. The average molecular weight is 461 g/mol. The number of carboxylic acid groups (broad SMARTS) is 1. The lowest BCUT2D eigenvalue weighted by Gasteiger charge is -2.30. The van der Waals surface area contributed by atoms with Gasteiger partial charge in [0.2, 0.25) is 0 Å². The molecule has 3 aromatic carbocycles. The topological polar surface area (TPSA) is 78.9 Å². The highest BCUT2D eigenvalue weighted by Gasteiger charge is 2.29. The predicted molar refractivity (Wildman–Crippen MR) is 132 cm³/mol. The zero-order chi connectivity index (χ0) is 22.8. The van der Waals surface area contributed by atoms with Gasteiger partial charge in [-0.1, -0.05) is 48.5 Å². The Hall–Kier alpha value is -3.45. The van der Waals surface area contributed by atoms with E-state index in [2.05, 4.69) is 34.5 Å². The molecule has 1 fully saturated rings. The van der Waals surface area contributed by atoms with Crippen LogP contribution in [-0.4, -0.2) is 48.4 Å². The third-order valence-corrected chi connectivity index (χ3v) is 7.12. The Balaban J connectivity index is 1.34. The Labute approximate surface area is 196 Å². The molecular formula is C26H24N2O4S. The van der Waals surface area contributed by atoms with Crippen LogP contribution < -0.4 is 10.2 Å². The summed E-state index contributed by atoms with van der Waals surface area (Å²) in [5, 5.41) is 12.2. The van der Waals surface area contributed by atoms with Gasteiger partial charge < -0.3 is 14.7 Å². The number of carboxylic acids is 1. The average Bonchev–Trinajstić information content (AvgIpc) is 3.17. The summed E-state index contributed by atoms with van der Waals surface area (Å²) in [7, 11) is 0. The van der Waals surface area contributed by atoms with E-state index in [0.717, 1.165) is 41.4 Å². The van der Waals surface area contributed by atoms with Crippen LogP contribution in [0.15, 0.2) is 66.7 Å². The summed E-state index contributed by atoms with van der Waals surface area (Å²) in [4.78, 5) is 26.5. The number of rotatable bonds is 5. The van der Waals surface area contributed by atoms with E-state index in [1.165, 1.54) is 17.2 Å². The number of nitrogens with zero attached hydrogens (tertiary/aromatic N) is 1. The Morgan fingerprint density at radius 2 is 1.61 bits per heavy atom. The van der Waals surface area contributed by atoms with Gasteiger partial charge in [-0.15, -0.1) is 0 Å². The number of hydrogen-bond donors (Lipinski definition) is 2. The highest BCUT2D eigenvalue weighted by atomic mass is 32.2. The van der Waals surface area contributed by atoms with Crippen molar-refractivity contribution < 1.29 is 19.4 Å². The summed E-state index contributed by atoms with van der Waals surface area (Å²) in [5.74, 6) is 0.911. The van der Waals surface area contributed by atoms with Crippen molar-refractivity contribution in [1.29, 1.82) is 0 Å². The molecule has 0 saturated carbocycles. The van der Waals surface area contributed by atoms with E-state index in [1.54, 1.807) is 12.1 Å². The Bertz CT molecular complexity index is 1160. The van der Waals surface area contributed by atoms with Crippen molar-refractivity contribution in [1.82, 2.24) is 0 Å². The molecule has 1 aliphatic heterocycles. The summed E-state index contributed by atoms with van der Waals surface area (Å²) in [6.07, 6.45) is -0.591. The largest absolute Gasteiger partial charge is 0.478 e. The van der Waals surface area contributed by atoms with E-state index in [4.69, 9.17) is 4.74 Å². The number of aromatic carboxylic acids is 1. The second kappa shape index (κ2) is 9.19. The number of carbonyl (C=O) groups is 2. The molecule has 6 nitrogen and oxygen atoms in total. The first-order valence-electron chi connectivity index (χ1n) is 10.9. The van der Waals surface area contributed by atoms with Gasteiger partial charge in [-0.3, -0.25) is 5.32 Å². The number of nitrogens with one attached hydrogen (secondary N) is 1. The van der Waals surface area contributed by atoms with Crippen LogP contribution in [0.5, 0.6) is 0 Å². The minimum absolute atomic E-state index is 0.0351. The van der Waals surface area contributed by atoms with Crippen LogP contribution in [0, 0.1) is 0 Å². The number of ether oxygens (including phenoxy) is 1. The molecule has 3 aromatic rings. The van der Waals surface area contributed by atoms with Gasteiger partial charge in [0.25, 0.3) is 0 Å². The number of hydrogen-bond acceptors (Lipinski definition) is 5.